The summed E-state index contributed by atoms with van der Waals surface area (Å²) in [5.74, 6) is 0.200. The predicted molar refractivity (Wildman–Crippen MR) is 108 cm³/mol. The smallest absolute Gasteiger partial charge is 0.414 e. The van der Waals surface area contributed by atoms with E-state index in [4.69, 9.17) is 13.9 Å². The standard InChI is InChI=1S/C21H19N3O6/c1-23(2)20(26)28-11-5-7-13-15(9-11)22-19(25)17-14-8-6-12(29-21(27)24(3)4)10-16(14)30-18(13)17/h5-10,13H,1-4H3. The van der Waals surface area contributed by atoms with Crippen LogP contribution in [-0.2, 0) is 4.74 Å². The predicted octanol–water partition coefficient (Wildman–Crippen LogP) is 3.32. The van der Waals surface area contributed by atoms with Crippen molar-refractivity contribution in [2.45, 2.75) is 5.92 Å². The zero-order chi connectivity index (χ0) is 21.6. The Morgan fingerprint density at radius 2 is 1.77 bits per heavy atom. The molecule has 1 aliphatic carbocycles. The maximum Gasteiger partial charge on any atom is 0.414 e. The Morgan fingerprint density at radius 1 is 1.07 bits per heavy atom. The molecule has 2 heterocycles. The Hall–Kier alpha value is -3.88. The summed E-state index contributed by atoms with van der Waals surface area (Å²) in [4.78, 5) is 43.0. The molecule has 0 saturated carbocycles. The quantitative estimate of drug-likeness (QED) is 0.754. The molecular weight excluding hydrogens is 390 g/mol. The van der Waals surface area contributed by atoms with Gasteiger partial charge in [0.05, 0.1) is 17.2 Å². The maximum absolute atomic E-state index is 12.7. The van der Waals surface area contributed by atoms with Crippen LogP contribution in [0.5, 0.6) is 5.75 Å². The lowest BCUT2D eigenvalue weighted by atomic mass is 9.89. The minimum absolute atomic E-state index is 0.286. The number of rotatable bonds is 2. The van der Waals surface area contributed by atoms with E-state index in [1.54, 1.807) is 64.6 Å². The molecule has 2 aromatic rings. The van der Waals surface area contributed by atoms with Gasteiger partial charge in [-0.05, 0) is 18.2 Å². The highest BCUT2D eigenvalue weighted by atomic mass is 16.6. The highest BCUT2D eigenvalue weighted by molar-refractivity contribution is 6.20. The molecule has 0 fully saturated rings. The van der Waals surface area contributed by atoms with E-state index in [2.05, 4.69) is 4.99 Å². The molecule has 0 N–H and O–H groups in total. The Kier molecular flexibility index (Phi) is 4.65. The molecule has 4 rings (SSSR count). The number of nitrogens with zero attached hydrogens (tertiary/aromatic N) is 3. The number of amides is 3. The molecule has 1 aromatic heterocycles. The van der Waals surface area contributed by atoms with Crippen LogP contribution in [0.25, 0.3) is 11.0 Å². The van der Waals surface area contributed by atoms with Gasteiger partial charge in [0.1, 0.15) is 22.9 Å². The molecule has 1 atom stereocenters. The lowest BCUT2D eigenvalue weighted by Crippen LogP contribution is -2.25. The molecule has 30 heavy (non-hydrogen) atoms. The zero-order valence-electron chi connectivity index (χ0n) is 16.8. The second kappa shape index (κ2) is 7.18. The third-order valence-corrected chi connectivity index (χ3v) is 4.62. The molecule has 3 amide bonds. The first-order valence-corrected chi connectivity index (χ1v) is 9.12. The topological polar surface area (TPSA) is 102 Å². The van der Waals surface area contributed by atoms with Crippen LogP contribution < -0.4 is 4.74 Å². The van der Waals surface area contributed by atoms with E-state index in [0.717, 1.165) is 0 Å². The number of carbonyl (C=O) groups excluding carboxylic acids is 3. The number of hydrogen-bond donors (Lipinski definition) is 0. The van der Waals surface area contributed by atoms with Gasteiger partial charge in [-0.2, -0.15) is 0 Å². The number of allylic oxidation sites excluding steroid dienone is 3. The van der Waals surface area contributed by atoms with E-state index in [-0.39, 0.29) is 11.7 Å². The molecule has 0 bridgehead atoms. The summed E-state index contributed by atoms with van der Waals surface area (Å²) < 4.78 is 16.5. The van der Waals surface area contributed by atoms with Gasteiger partial charge in [-0.3, -0.25) is 4.79 Å². The van der Waals surface area contributed by atoms with Crippen molar-refractivity contribution in [1.82, 2.24) is 9.80 Å². The summed E-state index contributed by atoms with van der Waals surface area (Å²) in [5, 5.41) is 0.588. The fourth-order valence-corrected chi connectivity index (χ4v) is 3.12. The van der Waals surface area contributed by atoms with Crippen molar-refractivity contribution in [1.29, 1.82) is 0 Å². The van der Waals surface area contributed by atoms with E-state index in [0.29, 0.717) is 33.8 Å². The van der Waals surface area contributed by atoms with Crippen LogP contribution in [0.4, 0.5) is 9.59 Å². The first-order chi connectivity index (χ1) is 14.2. The highest BCUT2D eigenvalue weighted by Gasteiger charge is 2.34. The SMILES string of the molecule is CN(C)C(=O)OC1=CC2=NC(=O)c3c(oc4cc(OC(=O)N(C)C)ccc34)C2C=C1. The maximum atomic E-state index is 12.7. The molecular formula is C21H19N3O6. The fourth-order valence-electron chi connectivity index (χ4n) is 3.12. The van der Waals surface area contributed by atoms with Crippen molar-refractivity contribution < 1.29 is 28.3 Å². The summed E-state index contributed by atoms with van der Waals surface area (Å²) in [6.07, 6.45) is 3.90. The summed E-state index contributed by atoms with van der Waals surface area (Å²) in [6.45, 7) is 0. The molecule has 1 aliphatic heterocycles. The van der Waals surface area contributed by atoms with Crippen LogP contribution in [0, 0.1) is 0 Å². The Labute approximate surface area is 171 Å². The second-order valence-corrected chi connectivity index (χ2v) is 7.25. The number of furan rings is 1. The van der Waals surface area contributed by atoms with Gasteiger partial charge in [0.15, 0.2) is 0 Å². The fraction of sp³-hybridized carbons (Fsp3) is 0.238. The lowest BCUT2D eigenvalue weighted by Gasteiger charge is -2.21. The van der Waals surface area contributed by atoms with Crippen molar-refractivity contribution in [3.63, 3.8) is 0 Å². The third kappa shape index (κ3) is 3.34. The van der Waals surface area contributed by atoms with Crippen molar-refractivity contribution >= 4 is 34.8 Å². The molecule has 154 valence electrons. The monoisotopic (exact) mass is 409 g/mol. The van der Waals surface area contributed by atoms with Gasteiger partial charge in [0.25, 0.3) is 5.91 Å². The molecule has 9 heteroatoms. The van der Waals surface area contributed by atoms with Crippen molar-refractivity contribution in [3.05, 3.63) is 53.5 Å². The largest absolute Gasteiger partial charge is 0.459 e. The minimum Gasteiger partial charge on any atom is -0.459 e. The van der Waals surface area contributed by atoms with Gasteiger partial charge >= 0.3 is 12.2 Å². The number of ether oxygens (including phenoxy) is 2. The molecule has 0 radical (unpaired) electrons. The van der Waals surface area contributed by atoms with Gasteiger partial charge in [-0.25, -0.2) is 14.6 Å². The Bertz CT molecular complexity index is 1170. The number of fused-ring (bicyclic) bond motifs is 5. The number of aliphatic imine (C=N–C) groups is 1. The van der Waals surface area contributed by atoms with E-state index >= 15 is 0 Å². The third-order valence-electron chi connectivity index (χ3n) is 4.62. The zero-order valence-corrected chi connectivity index (χ0v) is 16.8. The molecule has 1 aromatic carbocycles. The van der Waals surface area contributed by atoms with Crippen molar-refractivity contribution in [3.8, 4) is 5.75 Å². The average Bonchev–Trinajstić information content (AvgIpc) is 3.07. The first kappa shape index (κ1) is 19.4. The van der Waals surface area contributed by atoms with Gasteiger partial charge in [0, 0.05) is 45.7 Å². The van der Waals surface area contributed by atoms with Gasteiger partial charge in [-0.15, -0.1) is 0 Å². The van der Waals surface area contributed by atoms with Crippen LogP contribution in [0.2, 0.25) is 0 Å². The van der Waals surface area contributed by atoms with E-state index in [9.17, 15) is 14.4 Å². The van der Waals surface area contributed by atoms with E-state index in [1.807, 2.05) is 0 Å². The molecule has 0 spiro atoms. The van der Waals surface area contributed by atoms with Crippen LogP contribution >= 0.6 is 0 Å². The van der Waals surface area contributed by atoms with Crippen molar-refractivity contribution in [2.24, 2.45) is 4.99 Å². The number of hydrogen-bond acceptors (Lipinski definition) is 6. The van der Waals surface area contributed by atoms with E-state index < -0.39 is 18.1 Å². The molecule has 0 saturated heterocycles. The van der Waals surface area contributed by atoms with Crippen LogP contribution in [0.1, 0.15) is 22.0 Å². The molecule has 2 aliphatic rings. The minimum atomic E-state index is -0.531. The first-order valence-electron chi connectivity index (χ1n) is 9.12. The molecule has 9 nitrogen and oxygen atoms in total. The summed E-state index contributed by atoms with van der Waals surface area (Å²) in [5.41, 5.74) is 1.21. The number of carbonyl (C=O) groups is 3. The lowest BCUT2D eigenvalue weighted by molar-refractivity contribution is 0.0999. The van der Waals surface area contributed by atoms with Gasteiger partial charge in [0.2, 0.25) is 0 Å². The van der Waals surface area contributed by atoms with Gasteiger partial charge < -0.3 is 23.7 Å². The number of benzene rings is 1. The highest BCUT2D eigenvalue weighted by Crippen LogP contribution is 2.39. The molecule has 1 unspecified atom stereocenters. The second-order valence-electron chi connectivity index (χ2n) is 7.25. The van der Waals surface area contributed by atoms with Crippen LogP contribution in [0.15, 0.2) is 51.6 Å². The van der Waals surface area contributed by atoms with E-state index in [1.165, 1.54) is 9.80 Å². The van der Waals surface area contributed by atoms with Gasteiger partial charge in [-0.1, -0.05) is 6.08 Å². The van der Waals surface area contributed by atoms with Crippen LogP contribution in [-0.4, -0.2) is 61.8 Å². The summed E-state index contributed by atoms with van der Waals surface area (Å²) >= 11 is 0. The normalized spacial score (nSPS) is 16.9. The average molecular weight is 409 g/mol. The summed E-state index contributed by atoms with van der Waals surface area (Å²) in [7, 11) is 6.31. The Morgan fingerprint density at radius 3 is 2.47 bits per heavy atom. The van der Waals surface area contributed by atoms with Crippen LogP contribution in [0.3, 0.4) is 0 Å². The Balaban J connectivity index is 1.67. The summed E-state index contributed by atoms with van der Waals surface area (Å²) in [6, 6.07) is 4.83. The van der Waals surface area contributed by atoms with Crippen molar-refractivity contribution in [2.75, 3.05) is 28.2 Å².